The van der Waals surface area contributed by atoms with Crippen molar-refractivity contribution in [1.82, 2.24) is 35.3 Å². The summed E-state index contributed by atoms with van der Waals surface area (Å²) in [6.07, 6.45) is 5.17. The van der Waals surface area contributed by atoms with E-state index < -0.39 is 5.54 Å². The summed E-state index contributed by atoms with van der Waals surface area (Å²) in [6.45, 7) is 0.924. The summed E-state index contributed by atoms with van der Waals surface area (Å²) in [6, 6.07) is 15.2. The molecule has 208 valence electrons. The number of rotatable bonds is 7. The minimum Gasteiger partial charge on any atom is -0.399 e. The first kappa shape index (κ1) is 28.8. The summed E-state index contributed by atoms with van der Waals surface area (Å²) < 4.78 is 0.989. The van der Waals surface area contributed by atoms with Gasteiger partial charge in [-0.2, -0.15) is 4.80 Å². The number of aryl methyl sites for hydroxylation is 1. The molecule has 2 aromatic carbocycles. The van der Waals surface area contributed by atoms with Crippen LogP contribution in [-0.2, 0) is 23.9 Å². The maximum absolute atomic E-state index is 13.8. The lowest BCUT2D eigenvalue weighted by atomic mass is 9.93. The number of nitrogens with two attached hydrogens (primary N) is 1. The van der Waals surface area contributed by atoms with Crippen molar-refractivity contribution in [2.24, 2.45) is 7.05 Å². The molecule has 10 nitrogen and oxygen atoms in total. The van der Waals surface area contributed by atoms with Gasteiger partial charge in [0, 0.05) is 23.2 Å². The number of aromatic nitrogens is 4. The van der Waals surface area contributed by atoms with Gasteiger partial charge in [-0.25, -0.2) is 4.79 Å². The minimum absolute atomic E-state index is 0. The average molecular weight is 618 g/mol. The second-order valence-corrected chi connectivity index (χ2v) is 10.9. The fraction of sp³-hybridized carbons (Fsp3) is 0.444. The first-order valence-corrected chi connectivity index (χ1v) is 13.8. The highest BCUT2D eigenvalue weighted by Gasteiger charge is 2.47. The van der Waals surface area contributed by atoms with Gasteiger partial charge in [0.2, 0.25) is 5.91 Å². The lowest BCUT2D eigenvalue weighted by Crippen LogP contribution is -2.53. The third kappa shape index (κ3) is 6.04. The summed E-state index contributed by atoms with van der Waals surface area (Å²) in [5, 5.41) is 15.8. The number of carbonyl (C=O) groups is 2. The van der Waals surface area contributed by atoms with E-state index in [0.717, 1.165) is 54.1 Å². The van der Waals surface area contributed by atoms with E-state index in [1.54, 1.807) is 11.9 Å². The highest BCUT2D eigenvalue weighted by atomic mass is 79.9. The Morgan fingerprint density at radius 2 is 1.85 bits per heavy atom. The summed E-state index contributed by atoms with van der Waals surface area (Å²) >= 11 is 3.63. The molecule has 0 radical (unpaired) electrons. The molecule has 1 atom stereocenters. The molecule has 0 bridgehead atoms. The van der Waals surface area contributed by atoms with Crippen LogP contribution >= 0.6 is 28.3 Å². The molecule has 3 amide bonds. The fourth-order valence-electron chi connectivity index (χ4n) is 5.75. The molecule has 0 spiro atoms. The van der Waals surface area contributed by atoms with Crippen LogP contribution in [0.1, 0.15) is 61.5 Å². The van der Waals surface area contributed by atoms with Gasteiger partial charge in [0.1, 0.15) is 5.54 Å². The standard InChI is InChI=1S/C27H33BrN8O2.ClH/c1-34-32-25(31-33-34)27(14-4-5-15-27)36(18-19-10-12-20(29)13-11-19)26(38)30-17-24(37)35-16-6-9-23(35)21-7-2-3-8-22(21)28;/h2-3,7-8,10-13,23H,4-6,9,14-18,29H2,1H3,(H,30,38);1H. The number of hydrogen-bond acceptors (Lipinski definition) is 6. The molecule has 1 aromatic heterocycles. The molecule has 1 aliphatic carbocycles. The number of likely N-dealkylation sites (tertiary alicyclic amines) is 1. The van der Waals surface area contributed by atoms with Crippen LogP contribution in [0.25, 0.3) is 0 Å². The number of nitrogens with one attached hydrogen (secondary N) is 1. The number of carbonyl (C=O) groups excluding carboxylic acids is 2. The summed E-state index contributed by atoms with van der Waals surface area (Å²) in [7, 11) is 1.72. The molecular weight excluding hydrogens is 584 g/mol. The van der Waals surface area contributed by atoms with Crippen LogP contribution in [0, 0.1) is 0 Å². The molecular formula is C27H34BrClN8O2. The number of nitrogens with zero attached hydrogens (tertiary/aromatic N) is 6. The van der Waals surface area contributed by atoms with Gasteiger partial charge in [-0.1, -0.05) is 59.1 Å². The first-order valence-electron chi connectivity index (χ1n) is 13.1. The van der Waals surface area contributed by atoms with E-state index in [4.69, 9.17) is 5.73 Å². The SMILES string of the molecule is Cl.Cn1nnc(C2(N(Cc3ccc(N)cc3)C(=O)NCC(=O)N3CCCC3c3ccccc3Br)CCCC2)n1. The van der Waals surface area contributed by atoms with Gasteiger partial charge < -0.3 is 20.9 Å². The largest absolute Gasteiger partial charge is 0.399 e. The molecule has 12 heteroatoms. The lowest BCUT2D eigenvalue weighted by molar-refractivity contribution is -0.131. The zero-order valence-electron chi connectivity index (χ0n) is 21.9. The highest BCUT2D eigenvalue weighted by Crippen LogP contribution is 2.43. The molecule has 1 saturated heterocycles. The quantitative estimate of drug-likeness (QED) is 0.381. The molecule has 39 heavy (non-hydrogen) atoms. The third-order valence-electron chi connectivity index (χ3n) is 7.67. The number of urea groups is 1. The monoisotopic (exact) mass is 616 g/mol. The Morgan fingerprint density at radius 1 is 1.13 bits per heavy atom. The van der Waals surface area contributed by atoms with Gasteiger partial charge in [-0.05, 0) is 60.2 Å². The predicted octanol–water partition coefficient (Wildman–Crippen LogP) is 4.32. The smallest absolute Gasteiger partial charge is 0.318 e. The molecule has 1 unspecified atom stereocenters. The Balaban J connectivity index is 0.00000353. The van der Waals surface area contributed by atoms with E-state index in [1.165, 1.54) is 4.80 Å². The van der Waals surface area contributed by atoms with E-state index in [2.05, 4.69) is 36.7 Å². The van der Waals surface area contributed by atoms with Gasteiger partial charge in [-0.3, -0.25) is 4.79 Å². The van der Waals surface area contributed by atoms with Crippen LogP contribution in [0.15, 0.2) is 53.0 Å². The predicted molar refractivity (Wildman–Crippen MR) is 154 cm³/mol. The second kappa shape index (κ2) is 12.3. The van der Waals surface area contributed by atoms with Gasteiger partial charge in [-0.15, -0.1) is 22.6 Å². The Hall–Kier alpha value is -3.18. The minimum atomic E-state index is -0.701. The first-order chi connectivity index (χ1) is 18.4. The Morgan fingerprint density at radius 3 is 2.51 bits per heavy atom. The van der Waals surface area contributed by atoms with Gasteiger partial charge in [0.15, 0.2) is 5.82 Å². The zero-order valence-corrected chi connectivity index (χ0v) is 24.3. The Labute approximate surface area is 242 Å². The van der Waals surface area contributed by atoms with Crippen LogP contribution in [0.3, 0.4) is 0 Å². The molecule has 2 heterocycles. The van der Waals surface area contributed by atoms with Crippen LogP contribution in [0.5, 0.6) is 0 Å². The molecule has 2 aliphatic rings. The number of nitrogen functional groups attached to an aromatic ring is 1. The lowest BCUT2D eigenvalue weighted by Gasteiger charge is -2.39. The van der Waals surface area contributed by atoms with Crippen molar-refractivity contribution in [2.75, 3.05) is 18.8 Å². The fourth-order valence-corrected chi connectivity index (χ4v) is 6.30. The maximum atomic E-state index is 13.8. The molecule has 3 aromatic rings. The van der Waals surface area contributed by atoms with Crippen LogP contribution < -0.4 is 11.1 Å². The summed E-state index contributed by atoms with van der Waals surface area (Å²) in [5.41, 5.74) is 7.88. The van der Waals surface area contributed by atoms with Gasteiger partial charge >= 0.3 is 6.03 Å². The van der Waals surface area contributed by atoms with Crippen LogP contribution in [-0.4, -0.2) is 55.0 Å². The number of halogens is 2. The zero-order chi connectivity index (χ0) is 26.7. The van der Waals surface area contributed by atoms with Gasteiger partial charge in [0.25, 0.3) is 0 Å². The van der Waals surface area contributed by atoms with E-state index >= 15 is 0 Å². The summed E-state index contributed by atoms with van der Waals surface area (Å²) in [5.74, 6) is 0.435. The van der Waals surface area contributed by atoms with Gasteiger partial charge in [0.05, 0.1) is 19.6 Å². The topological polar surface area (TPSA) is 122 Å². The molecule has 1 aliphatic heterocycles. The van der Waals surface area contributed by atoms with Crippen molar-refractivity contribution < 1.29 is 9.59 Å². The van der Waals surface area contributed by atoms with E-state index in [1.807, 2.05) is 53.4 Å². The average Bonchev–Trinajstić information content (AvgIpc) is 3.68. The Bertz CT molecular complexity index is 1290. The van der Waals surface area contributed by atoms with E-state index in [9.17, 15) is 9.59 Å². The Kier molecular flexibility index (Phi) is 9.12. The van der Waals surface area contributed by atoms with Crippen molar-refractivity contribution in [3.8, 4) is 0 Å². The second-order valence-electron chi connectivity index (χ2n) is 10.1. The number of amides is 3. The van der Waals surface area contributed by atoms with Crippen LogP contribution in [0.2, 0.25) is 0 Å². The van der Waals surface area contributed by atoms with Crippen molar-refractivity contribution in [2.45, 2.75) is 56.7 Å². The molecule has 3 N–H and O–H groups in total. The third-order valence-corrected chi connectivity index (χ3v) is 8.39. The molecule has 1 saturated carbocycles. The summed E-state index contributed by atoms with van der Waals surface area (Å²) in [4.78, 5) is 32.3. The van der Waals surface area contributed by atoms with Crippen LogP contribution in [0.4, 0.5) is 10.5 Å². The van der Waals surface area contributed by atoms with Crippen molar-refractivity contribution in [3.63, 3.8) is 0 Å². The maximum Gasteiger partial charge on any atom is 0.318 e. The number of hydrogen-bond donors (Lipinski definition) is 2. The van der Waals surface area contributed by atoms with Crippen molar-refractivity contribution in [1.29, 1.82) is 0 Å². The number of anilines is 1. The van der Waals surface area contributed by atoms with E-state index in [0.29, 0.717) is 24.6 Å². The molecule has 2 fully saturated rings. The normalized spacial score (nSPS) is 18.0. The van der Waals surface area contributed by atoms with E-state index in [-0.39, 0.29) is 36.9 Å². The number of tetrazole rings is 1. The highest BCUT2D eigenvalue weighted by molar-refractivity contribution is 9.10. The van der Waals surface area contributed by atoms with Crippen molar-refractivity contribution >= 4 is 46.0 Å². The molecule has 5 rings (SSSR count). The number of benzene rings is 2. The van der Waals surface area contributed by atoms with Crippen molar-refractivity contribution in [3.05, 3.63) is 70.0 Å².